The zero-order chi connectivity index (χ0) is 26.7. The van der Waals surface area contributed by atoms with Gasteiger partial charge in [-0.15, -0.1) is 13.2 Å². The van der Waals surface area contributed by atoms with E-state index in [-0.39, 0.29) is 47.3 Å². The van der Waals surface area contributed by atoms with Crippen LogP contribution in [0.15, 0.2) is 41.4 Å². The minimum atomic E-state index is -4.91. The van der Waals surface area contributed by atoms with E-state index in [1.54, 1.807) is 0 Å². The number of amides is 1. The Morgan fingerprint density at radius 3 is 2.64 bits per heavy atom. The van der Waals surface area contributed by atoms with Crippen LogP contribution in [0.1, 0.15) is 31.7 Å². The summed E-state index contributed by atoms with van der Waals surface area (Å²) in [5.41, 5.74) is 0.451. The largest absolute Gasteiger partial charge is 0.573 e. The third kappa shape index (κ3) is 7.26. The lowest BCUT2D eigenvalue weighted by atomic mass is 9.99. The van der Waals surface area contributed by atoms with Crippen LogP contribution < -0.4 is 15.4 Å². The van der Waals surface area contributed by atoms with Crippen molar-refractivity contribution in [2.45, 2.75) is 56.3 Å². The standard InChI is InChI=1S/C22H25F5N4O4S/c1-14-3-4-16(30-20-12-18(7-10-29-20)35-22(25,26)27)11-19(14)36(33,34)31-13-21(23,24)8-5-17(31)6-9-28-15(2)32/h3-4,7,10-12,17H,5-6,8-9,13H2,1-2H3,(H,28,32)(H,29,30)/t17-/m1/s1. The number of hydrogen-bond donors (Lipinski definition) is 2. The summed E-state index contributed by atoms with van der Waals surface area (Å²) >= 11 is 0. The fourth-order valence-electron chi connectivity index (χ4n) is 3.85. The second-order valence-electron chi connectivity index (χ2n) is 8.40. The minimum absolute atomic E-state index is 0.0540. The second-order valence-corrected chi connectivity index (χ2v) is 10.3. The molecule has 1 fully saturated rings. The van der Waals surface area contributed by atoms with Crippen LogP contribution in [-0.2, 0) is 14.8 Å². The number of rotatable bonds is 8. The third-order valence-corrected chi connectivity index (χ3v) is 7.54. The monoisotopic (exact) mass is 536 g/mol. The molecule has 8 nitrogen and oxygen atoms in total. The first-order valence-electron chi connectivity index (χ1n) is 10.9. The van der Waals surface area contributed by atoms with Crippen molar-refractivity contribution < 1.29 is 39.9 Å². The van der Waals surface area contributed by atoms with Crippen LogP contribution in [0.25, 0.3) is 0 Å². The highest BCUT2D eigenvalue weighted by Crippen LogP contribution is 2.36. The summed E-state index contributed by atoms with van der Waals surface area (Å²) in [5, 5.41) is 5.26. The summed E-state index contributed by atoms with van der Waals surface area (Å²) in [6, 6.07) is 5.36. The molecule has 1 aliphatic heterocycles. The molecule has 1 atom stereocenters. The van der Waals surface area contributed by atoms with Crippen LogP contribution in [0, 0.1) is 6.92 Å². The Kier molecular flexibility index (Phi) is 8.08. The van der Waals surface area contributed by atoms with Gasteiger partial charge in [0.15, 0.2) is 0 Å². The van der Waals surface area contributed by atoms with Gasteiger partial charge in [-0.2, -0.15) is 4.31 Å². The number of anilines is 2. The summed E-state index contributed by atoms with van der Waals surface area (Å²) in [7, 11) is -4.40. The molecule has 0 saturated carbocycles. The van der Waals surface area contributed by atoms with E-state index in [0.717, 1.165) is 22.6 Å². The molecule has 2 aromatic rings. The highest BCUT2D eigenvalue weighted by atomic mass is 32.2. The van der Waals surface area contributed by atoms with Gasteiger partial charge in [-0.25, -0.2) is 22.2 Å². The molecule has 0 spiro atoms. The van der Waals surface area contributed by atoms with Crippen molar-refractivity contribution in [3.05, 3.63) is 42.1 Å². The molecule has 0 bridgehead atoms. The Morgan fingerprint density at radius 1 is 1.25 bits per heavy atom. The quantitative estimate of drug-likeness (QED) is 0.487. The van der Waals surface area contributed by atoms with Gasteiger partial charge in [0.25, 0.3) is 5.92 Å². The van der Waals surface area contributed by atoms with Crippen LogP contribution in [-0.4, -0.2) is 55.0 Å². The van der Waals surface area contributed by atoms with E-state index in [0.29, 0.717) is 0 Å². The van der Waals surface area contributed by atoms with Gasteiger partial charge < -0.3 is 15.4 Å². The Morgan fingerprint density at radius 2 is 1.97 bits per heavy atom. The number of pyridine rings is 1. The molecule has 0 unspecified atom stereocenters. The summed E-state index contributed by atoms with van der Waals surface area (Å²) in [6.07, 6.45) is -4.24. The number of carbonyl (C=O) groups is 1. The van der Waals surface area contributed by atoms with Crippen LogP contribution in [0.3, 0.4) is 0 Å². The molecule has 1 saturated heterocycles. The Labute approximate surface area is 204 Å². The van der Waals surface area contributed by atoms with Gasteiger partial charge in [-0.05, 0) is 43.5 Å². The van der Waals surface area contributed by atoms with Gasteiger partial charge in [-0.1, -0.05) is 6.07 Å². The van der Waals surface area contributed by atoms with Gasteiger partial charge in [-0.3, -0.25) is 4.79 Å². The number of aryl methyl sites for hydroxylation is 1. The van der Waals surface area contributed by atoms with Crippen molar-refractivity contribution in [1.82, 2.24) is 14.6 Å². The van der Waals surface area contributed by atoms with Crippen molar-refractivity contribution >= 4 is 27.4 Å². The number of hydrogen-bond acceptors (Lipinski definition) is 6. The molecule has 0 radical (unpaired) electrons. The molecule has 1 aliphatic rings. The smallest absolute Gasteiger partial charge is 0.406 e. The first-order chi connectivity index (χ1) is 16.7. The van der Waals surface area contributed by atoms with Gasteiger partial charge in [0.05, 0.1) is 11.4 Å². The second kappa shape index (κ2) is 10.5. The molecular formula is C22H25F5N4O4S. The molecule has 2 N–H and O–H groups in total. The summed E-state index contributed by atoms with van der Waals surface area (Å²) in [6.45, 7) is 1.92. The van der Waals surface area contributed by atoms with Crippen LogP contribution in [0.5, 0.6) is 5.75 Å². The predicted molar refractivity (Wildman–Crippen MR) is 121 cm³/mol. The molecular weight excluding hydrogens is 511 g/mol. The van der Waals surface area contributed by atoms with Crippen LogP contribution >= 0.6 is 0 Å². The fraction of sp³-hybridized carbons (Fsp3) is 0.455. The Bertz CT molecular complexity index is 1210. The minimum Gasteiger partial charge on any atom is -0.406 e. The van der Waals surface area contributed by atoms with E-state index in [2.05, 4.69) is 20.4 Å². The molecule has 36 heavy (non-hydrogen) atoms. The number of benzene rings is 1. The number of sulfonamides is 1. The van der Waals surface area contributed by atoms with E-state index in [1.165, 1.54) is 32.0 Å². The predicted octanol–water partition coefficient (Wildman–Crippen LogP) is 4.35. The first-order valence-corrected chi connectivity index (χ1v) is 12.3. The SMILES string of the molecule is CC(=O)NCC[C@H]1CCC(F)(F)CN1S(=O)(=O)c1cc(Nc2cc(OC(F)(F)F)ccn2)ccc1C. The molecule has 1 amide bonds. The normalized spacial score (nSPS) is 18.5. The number of alkyl halides is 5. The first kappa shape index (κ1) is 27.6. The van der Waals surface area contributed by atoms with Gasteiger partial charge in [0.2, 0.25) is 15.9 Å². The maximum absolute atomic E-state index is 14.3. The number of nitrogens with zero attached hydrogens (tertiary/aromatic N) is 2. The average molecular weight is 537 g/mol. The van der Waals surface area contributed by atoms with E-state index in [9.17, 15) is 35.2 Å². The van der Waals surface area contributed by atoms with Gasteiger partial charge >= 0.3 is 6.36 Å². The number of piperidine rings is 1. The molecule has 1 aromatic carbocycles. The number of aromatic nitrogens is 1. The van der Waals surface area contributed by atoms with Crippen LogP contribution in [0.2, 0.25) is 0 Å². The van der Waals surface area contributed by atoms with Gasteiger partial charge in [0, 0.05) is 43.9 Å². The van der Waals surface area contributed by atoms with Crippen molar-refractivity contribution in [1.29, 1.82) is 0 Å². The summed E-state index contributed by atoms with van der Waals surface area (Å²) in [5.74, 6) is -4.12. The Hall–Kier alpha value is -3.00. The van der Waals surface area contributed by atoms with Crippen molar-refractivity contribution in [3.63, 3.8) is 0 Å². The number of ether oxygens (including phenoxy) is 1. The fourth-order valence-corrected chi connectivity index (χ4v) is 5.81. The molecule has 198 valence electrons. The third-order valence-electron chi connectivity index (χ3n) is 5.50. The van der Waals surface area contributed by atoms with Gasteiger partial charge in [0.1, 0.15) is 11.6 Å². The van der Waals surface area contributed by atoms with E-state index < -0.39 is 47.1 Å². The van der Waals surface area contributed by atoms with E-state index in [4.69, 9.17) is 0 Å². The maximum Gasteiger partial charge on any atom is 0.573 e. The molecule has 2 heterocycles. The highest BCUT2D eigenvalue weighted by Gasteiger charge is 2.45. The molecule has 3 rings (SSSR count). The average Bonchev–Trinajstić information content (AvgIpc) is 2.74. The summed E-state index contributed by atoms with van der Waals surface area (Å²) < 4.78 is 97.7. The number of carbonyl (C=O) groups excluding carboxylic acids is 1. The zero-order valence-electron chi connectivity index (χ0n) is 19.4. The lowest BCUT2D eigenvalue weighted by Crippen LogP contribution is -2.52. The topological polar surface area (TPSA) is 101 Å². The molecule has 14 heteroatoms. The highest BCUT2D eigenvalue weighted by molar-refractivity contribution is 7.89. The number of halogens is 5. The molecule has 0 aliphatic carbocycles. The summed E-state index contributed by atoms with van der Waals surface area (Å²) in [4.78, 5) is 14.8. The van der Waals surface area contributed by atoms with E-state index in [1.807, 2.05) is 0 Å². The lowest BCUT2D eigenvalue weighted by Gasteiger charge is -2.38. The molecule has 1 aromatic heterocycles. The zero-order valence-corrected chi connectivity index (χ0v) is 20.2. The lowest BCUT2D eigenvalue weighted by molar-refractivity contribution is -0.274. The van der Waals surface area contributed by atoms with Crippen molar-refractivity contribution in [3.8, 4) is 5.75 Å². The Balaban J connectivity index is 1.89. The number of nitrogens with one attached hydrogen (secondary N) is 2. The van der Waals surface area contributed by atoms with Crippen LogP contribution in [0.4, 0.5) is 33.5 Å². The van der Waals surface area contributed by atoms with Crippen molar-refractivity contribution in [2.24, 2.45) is 0 Å². The van der Waals surface area contributed by atoms with Crippen molar-refractivity contribution in [2.75, 3.05) is 18.4 Å². The maximum atomic E-state index is 14.3. The van der Waals surface area contributed by atoms with E-state index >= 15 is 0 Å².